The Balaban J connectivity index is 1.78. The van der Waals surface area contributed by atoms with Crippen LogP contribution in [0, 0.1) is 0 Å². The standard InChI is InChI=1S/C21H21NO2S/c1-25(23,24)22(16-18-8-4-2-5-9-18)17-19-12-14-21(15-13-19)20-10-6-3-7-11-20/h2-15H,16-17H2,1H3. The van der Waals surface area contributed by atoms with Crippen LogP contribution in [0.4, 0.5) is 0 Å². The maximum Gasteiger partial charge on any atom is 0.211 e. The van der Waals surface area contributed by atoms with Crippen molar-refractivity contribution in [3.8, 4) is 11.1 Å². The van der Waals surface area contributed by atoms with Gasteiger partial charge in [0.1, 0.15) is 0 Å². The molecule has 0 radical (unpaired) electrons. The van der Waals surface area contributed by atoms with Gasteiger partial charge in [0.05, 0.1) is 6.26 Å². The van der Waals surface area contributed by atoms with Crippen molar-refractivity contribution in [2.45, 2.75) is 13.1 Å². The molecule has 0 heterocycles. The van der Waals surface area contributed by atoms with Crippen LogP contribution in [0.25, 0.3) is 11.1 Å². The Morgan fingerprint density at radius 1 is 0.640 bits per heavy atom. The fourth-order valence-electron chi connectivity index (χ4n) is 2.71. The quantitative estimate of drug-likeness (QED) is 0.663. The predicted octanol–water partition coefficient (Wildman–Crippen LogP) is 4.32. The fraction of sp³-hybridized carbons (Fsp3) is 0.143. The largest absolute Gasteiger partial charge is 0.212 e. The number of hydrogen-bond donors (Lipinski definition) is 0. The normalized spacial score (nSPS) is 11.6. The van der Waals surface area contributed by atoms with E-state index < -0.39 is 10.0 Å². The van der Waals surface area contributed by atoms with Crippen molar-refractivity contribution in [2.24, 2.45) is 0 Å². The van der Waals surface area contributed by atoms with Gasteiger partial charge in [0, 0.05) is 13.1 Å². The number of benzene rings is 3. The zero-order valence-corrected chi connectivity index (χ0v) is 15.0. The Labute approximate surface area is 149 Å². The monoisotopic (exact) mass is 351 g/mol. The summed E-state index contributed by atoms with van der Waals surface area (Å²) in [5.41, 5.74) is 4.23. The van der Waals surface area contributed by atoms with Crippen molar-refractivity contribution in [2.75, 3.05) is 6.26 Å². The molecular formula is C21H21NO2S. The molecule has 3 rings (SSSR count). The minimum Gasteiger partial charge on any atom is -0.212 e. The van der Waals surface area contributed by atoms with E-state index in [2.05, 4.69) is 12.1 Å². The van der Waals surface area contributed by atoms with E-state index in [1.54, 1.807) is 0 Å². The van der Waals surface area contributed by atoms with Gasteiger partial charge in [-0.05, 0) is 22.3 Å². The van der Waals surface area contributed by atoms with Crippen LogP contribution in [0.2, 0.25) is 0 Å². The van der Waals surface area contributed by atoms with Gasteiger partial charge in [0.25, 0.3) is 0 Å². The van der Waals surface area contributed by atoms with E-state index in [1.165, 1.54) is 10.6 Å². The van der Waals surface area contributed by atoms with Gasteiger partial charge >= 0.3 is 0 Å². The van der Waals surface area contributed by atoms with Gasteiger partial charge in [0.15, 0.2) is 0 Å². The van der Waals surface area contributed by atoms with Crippen molar-refractivity contribution < 1.29 is 8.42 Å². The average molecular weight is 351 g/mol. The first-order chi connectivity index (χ1) is 12.0. The summed E-state index contributed by atoms with van der Waals surface area (Å²) in [6, 6.07) is 27.8. The summed E-state index contributed by atoms with van der Waals surface area (Å²) in [5, 5.41) is 0. The number of rotatable bonds is 6. The second-order valence-corrected chi connectivity index (χ2v) is 8.06. The smallest absolute Gasteiger partial charge is 0.211 e. The second-order valence-electron chi connectivity index (χ2n) is 6.08. The summed E-state index contributed by atoms with van der Waals surface area (Å²) >= 11 is 0. The number of hydrogen-bond acceptors (Lipinski definition) is 2. The van der Waals surface area contributed by atoms with E-state index in [0.717, 1.165) is 22.3 Å². The molecule has 3 nitrogen and oxygen atoms in total. The molecule has 25 heavy (non-hydrogen) atoms. The fourth-order valence-corrected chi connectivity index (χ4v) is 3.48. The van der Waals surface area contributed by atoms with E-state index in [4.69, 9.17) is 0 Å². The summed E-state index contributed by atoms with van der Waals surface area (Å²) in [4.78, 5) is 0. The molecule has 128 valence electrons. The van der Waals surface area contributed by atoms with E-state index >= 15 is 0 Å². The van der Waals surface area contributed by atoms with Crippen LogP contribution < -0.4 is 0 Å². The van der Waals surface area contributed by atoms with Crippen LogP contribution in [-0.2, 0) is 23.1 Å². The van der Waals surface area contributed by atoms with E-state index in [-0.39, 0.29) is 0 Å². The Morgan fingerprint density at radius 3 is 1.60 bits per heavy atom. The highest BCUT2D eigenvalue weighted by Crippen LogP contribution is 2.21. The first-order valence-corrected chi connectivity index (χ1v) is 10.0. The molecule has 4 heteroatoms. The molecule has 0 aliphatic carbocycles. The molecule has 0 fully saturated rings. The third kappa shape index (κ3) is 4.78. The number of sulfonamides is 1. The average Bonchev–Trinajstić information content (AvgIpc) is 2.63. The summed E-state index contributed by atoms with van der Waals surface area (Å²) in [6.07, 6.45) is 1.26. The molecule has 0 aliphatic heterocycles. The van der Waals surface area contributed by atoms with Crippen LogP contribution in [0.15, 0.2) is 84.9 Å². The SMILES string of the molecule is CS(=O)(=O)N(Cc1ccccc1)Cc1ccc(-c2ccccc2)cc1. The number of nitrogens with zero attached hydrogens (tertiary/aromatic N) is 1. The predicted molar refractivity (Wildman–Crippen MR) is 102 cm³/mol. The van der Waals surface area contributed by atoms with Gasteiger partial charge in [0.2, 0.25) is 10.0 Å². The van der Waals surface area contributed by atoms with Crippen molar-refractivity contribution in [3.63, 3.8) is 0 Å². The lowest BCUT2D eigenvalue weighted by Crippen LogP contribution is -2.29. The molecule has 0 amide bonds. The molecule has 0 aliphatic rings. The summed E-state index contributed by atoms with van der Waals surface area (Å²) in [6.45, 7) is 0.739. The Hall–Kier alpha value is -2.43. The minimum absolute atomic E-state index is 0.364. The Kier molecular flexibility index (Phi) is 5.31. The second kappa shape index (κ2) is 7.64. The molecular weight excluding hydrogens is 330 g/mol. The highest BCUT2D eigenvalue weighted by molar-refractivity contribution is 7.88. The van der Waals surface area contributed by atoms with Crippen molar-refractivity contribution in [1.29, 1.82) is 0 Å². The maximum absolute atomic E-state index is 12.2. The van der Waals surface area contributed by atoms with E-state index in [9.17, 15) is 8.42 Å². The molecule has 0 saturated heterocycles. The highest BCUT2D eigenvalue weighted by Gasteiger charge is 2.17. The molecule has 0 N–H and O–H groups in total. The minimum atomic E-state index is -3.29. The van der Waals surface area contributed by atoms with Gasteiger partial charge in [-0.25, -0.2) is 8.42 Å². The van der Waals surface area contributed by atoms with E-state index in [1.807, 2.05) is 72.8 Å². The van der Waals surface area contributed by atoms with Crippen LogP contribution in [0.3, 0.4) is 0 Å². The maximum atomic E-state index is 12.2. The van der Waals surface area contributed by atoms with Gasteiger partial charge in [-0.3, -0.25) is 0 Å². The highest BCUT2D eigenvalue weighted by atomic mass is 32.2. The molecule has 0 atom stereocenters. The Morgan fingerprint density at radius 2 is 1.08 bits per heavy atom. The zero-order valence-electron chi connectivity index (χ0n) is 14.2. The third-order valence-corrected chi connectivity index (χ3v) is 5.29. The molecule has 0 unspecified atom stereocenters. The van der Waals surface area contributed by atoms with Gasteiger partial charge in [-0.15, -0.1) is 0 Å². The molecule has 0 spiro atoms. The topological polar surface area (TPSA) is 37.4 Å². The van der Waals surface area contributed by atoms with Gasteiger partial charge in [-0.2, -0.15) is 4.31 Å². The van der Waals surface area contributed by atoms with Crippen molar-refractivity contribution >= 4 is 10.0 Å². The molecule has 3 aromatic carbocycles. The molecule has 0 bridgehead atoms. The van der Waals surface area contributed by atoms with Gasteiger partial charge < -0.3 is 0 Å². The van der Waals surface area contributed by atoms with Crippen LogP contribution >= 0.6 is 0 Å². The van der Waals surface area contributed by atoms with Crippen molar-refractivity contribution in [3.05, 3.63) is 96.1 Å². The molecule has 0 aromatic heterocycles. The summed E-state index contributed by atoms with van der Waals surface area (Å²) in [7, 11) is -3.29. The molecule has 0 saturated carbocycles. The van der Waals surface area contributed by atoms with Crippen LogP contribution in [0.5, 0.6) is 0 Å². The lowest BCUT2D eigenvalue weighted by atomic mass is 10.0. The Bertz CT molecular complexity index is 905. The molecule has 3 aromatic rings. The lowest BCUT2D eigenvalue weighted by Gasteiger charge is -2.20. The zero-order chi connectivity index (χ0) is 17.7. The third-order valence-electron chi connectivity index (χ3n) is 4.09. The summed E-state index contributed by atoms with van der Waals surface area (Å²) in [5.74, 6) is 0. The van der Waals surface area contributed by atoms with Crippen LogP contribution in [0.1, 0.15) is 11.1 Å². The van der Waals surface area contributed by atoms with E-state index in [0.29, 0.717) is 13.1 Å². The van der Waals surface area contributed by atoms with Gasteiger partial charge in [-0.1, -0.05) is 84.9 Å². The lowest BCUT2D eigenvalue weighted by molar-refractivity contribution is 0.405. The van der Waals surface area contributed by atoms with Crippen molar-refractivity contribution in [1.82, 2.24) is 4.31 Å². The first-order valence-electron chi connectivity index (χ1n) is 8.16. The van der Waals surface area contributed by atoms with Crippen LogP contribution in [-0.4, -0.2) is 19.0 Å². The first kappa shape index (κ1) is 17.4. The summed E-state index contributed by atoms with van der Waals surface area (Å²) < 4.78 is 25.8.